The maximum atomic E-state index is 11.6. The van der Waals surface area contributed by atoms with Gasteiger partial charge in [-0.2, -0.15) is 5.01 Å². The van der Waals surface area contributed by atoms with E-state index in [0.29, 0.717) is 11.4 Å². The fraction of sp³-hybridized carbons (Fsp3) is 0.750. The first-order chi connectivity index (χ1) is 5.95. The summed E-state index contributed by atoms with van der Waals surface area (Å²) in [5, 5.41) is 3.28. The number of carbonyl (C=O) groups excluding carboxylic acids is 2. The standard InChI is InChI=1S/C8H15N3O2/c1-4-8(5(2)3)6(12)11(9)7(13)10-8/h5H,4,9H2,1-3H3,(H,10,13)/t8-/m0/s1. The number of nitrogens with zero attached hydrogens (tertiary/aromatic N) is 1. The molecule has 0 aromatic heterocycles. The van der Waals surface area contributed by atoms with Crippen LogP contribution in [0.4, 0.5) is 4.79 Å². The fourth-order valence-electron chi connectivity index (χ4n) is 1.65. The van der Waals surface area contributed by atoms with E-state index in [-0.39, 0.29) is 11.8 Å². The van der Waals surface area contributed by atoms with Crippen LogP contribution in [0.5, 0.6) is 0 Å². The van der Waals surface area contributed by atoms with Crippen LogP contribution in [-0.2, 0) is 4.79 Å². The Morgan fingerprint density at radius 3 is 2.23 bits per heavy atom. The Hall–Kier alpha value is -1.10. The van der Waals surface area contributed by atoms with Crippen LogP contribution >= 0.6 is 0 Å². The van der Waals surface area contributed by atoms with Crippen LogP contribution in [0.25, 0.3) is 0 Å². The minimum absolute atomic E-state index is 0.0440. The highest BCUT2D eigenvalue weighted by molar-refractivity contribution is 6.06. The summed E-state index contributed by atoms with van der Waals surface area (Å²) in [5.74, 6) is 4.99. The van der Waals surface area contributed by atoms with Crippen molar-refractivity contribution in [2.24, 2.45) is 11.8 Å². The molecule has 0 saturated carbocycles. The van der Waals surface area contributed by atoms with Gasteiger partial charge in [0.1, 0.15) is 5.54 Å². The van der Waals surface area contributed by atoms with E-state index < -0.39 is 11.6 Å². The van der Waals surface area contributed by atoms with Gasteiger partial charge in [-0.05, 0) is 12.3 Å². The molecule has 1 rings (SSSR count). The van der Waals surface area contributed by atoms with Crippen molar-refractivity contribution in [3.8, 4) is 0 Å². The number of imide groups is 1. The largest absolute Gasteiger partial charge is 0.339 e. The van der Waals surface area contributed by atoms with Crippen LogP contribution in [0, 0.1) is 5.92 Å². The first-order valence-electron chi connectivity index (χ1n) is 4.37. The molecule has 74 valence electrons. The summed E-state index contributed by atoms with van der Waals surface area (Å²) in [6.07, 6.45) is 0.558. The zero-order valence-corrected chi connectivity index (χ0v) is 8.13. The van der Waals surface area contributed by atoms with Gasteiger partial charge in [0.2, 0.25) is 0 Å². The van der Waals surface area contributed by atoms with Crippen LogP contribution in [0.3, 0.4) is 0 Å². The van der Waals surface area contributed by atoms with Crippen LogP contribution in [0.1, 0.15) is 27.2 Å². The van der Waals surface area contributed by atoms with E-state index in [1.807, 2.05) is 20.8 Å². The lowest BCUT2D eigenvalue weighted by molar-refractivity contribution is -0.133. The lowest BCUT2D eigenvalue weighted by atomic mass is 9.84. The number of hydrazine groups is 1. The van der Waals surface area contributed by atoms with Crippen LogP contribution < -0.4 is 11.2 Å². The Morgan fingerprint density at radius 2 is 2.08 bits per heavy atom. The Bertz CT molecular complexity index is 252. The molecule has 0 aliphatic carbocycles. The van der Waals surface area contributed by atoms with Crippen molar-refractivity contribution in [1.29, 1.82) is 0 Å². The molecular weight excluding hydrogens is 170 g/mol. The second kappa shape index (κ2) is 2.99. The molecule has 5 nitrogen and oxygen atoms in total. The number of nitrogens with one attached hydrogen (secondary N) is 1. The van der Waals surface area contributed by atoms with Crippen molar-refractivity contribution in [3.63, 3.8) is 0 Å². The lowest BCUT2D eigenvalue weighted by Gasteiger charge is -2.28. The van der Waals surface area contributed by atoms with Crippen molar-refractivity contribution in [1.82, 2.24) is 10.3 Å². The number of hydrogen-bond acceptors (Lipinski definition) is 3. The van der Waals surface area contributed by atoms with Gasteiger partial charge in [-0.25, -0.2) is 10.6 Å². The third kappa shape index (κ3) is 1.19. The molecule has 1 heterocycles. The maximum Gasteiger partial charge on any atom is 0.339 e. The van der Waals surface area contributed by atoms with E-state index >= 15 is 0 Å². The van der Waals surface area contributed by atoms with Crippen LogP contribution in [0.2, 0.25) is 0 Å². The highest BCUT2D eigenvalue weighted by Gasteiger charge is 2.51. The number of urea groups is 1. The van der Waals surface area contributed by atoms with Gasteiger partial charge in [-0.15, -0.1) is 0 Å². The molecule has 3 N–H and O–H groups in total. The highest BCUT2D eigenvalue weighted by Crippen LogP contribution is 2.27. The Kier molecular flexibility index (Phi) is 2.30. The Balaban J connectivity index is 3.04. The topological polar surface area (TPSA) is 75.4 Å². The SMILES string of the molecule is CC[C@@]1(C(C)C)NC(=O)N(N)C1=O. The molecule has 1 fully saturated rings. The van der Waals surface area contributed by atoms with E-state index in [9.17, 15) is 9.59 Å². The van der Waals surface area contributed by atoms with Crippen molar-refractivity contribution in [3.05, 3.63) is 0 Å². The lowest BCUT2D eigenvalue weighted by Crippen LogP contribution is -2.51. The molecule has 1 aliphatic rings. The molecule has 3 amide bonds. The van der Waals surface area contributed by atoms with Crippen LogP contribution in [0.15, 0.2) is 0 Å². The average Bonchev–Trinajstić information content (AvgIpc) is 2.30. The summed E-state index contributed by atoms with van der Waals surface area (Å²) in [6.45, 7) is 5.64. The molecule has 1 saturated heterocycles. The number of rotatable bonds is 2. The molecule has 5 heteroatoms. The number of amides is 3. The third-order valence-corrected chi connectivity index (χ3v) is 2.69. The number of carbonyl (C=O) groups is 2. The zero-order chi connectivity index (χ0) is 10.2. The zero-order valence-electron chi connectivity index (χ0n) is 8.13. The van der Waals surface area contributed by atoms with Crippen molar-refractivity contribution in [2.75, 3.05) is 0 Å². The molecule has 0 spiro atoms. The predicted molar refractivity (Wildman–Crippen MR) is 47.4 cm³/mol. The number of nitrogens with two attached hydrogens (primary N) is 1. The molecule has 1 aliphatic heterocycles. The Morgan fingerprint density at radius 1 is 1.54 bits per heavy atom. The third-order valence-electron chi connectivity index (χ3n) is 2.69. The minimum Gasteiger partial charge on any atom is -0.322 e. The summed E-state index contributed by atoms with van der Waals surface area (Å²) in [5.41, 5.74) is -0.800. The first-order valence-corrected chi connectivity index (χ1v) is 4.37. The molecule has 0 bridgehead atoms. The summed E-state index contributed by atoms with van der Waals surface area (Å²) >= 11 is 0. The maximum absolute atomic E-state index is 11.6. The van der Waals surface area contributed by atoms with Gasteiger partial charge in [-0.3, -0.25) is 4.79 Å². The first kappa shape index (κ1) is 9.98. The van der Waals surface area contributed by atoms with Gasteiger partial charge in [0.25, 0.3) is 5.91 Å². The highest BCUT2D eigenvalue weighted by atomic mass is 16.2. The van der Waals surface area contributed by atoms with Gasteiger partial charge in [-0.1, -0.05) is 20.8 Å². The summed E-state index contributed by atoms with van der Waals surface area (Å²) in [4.78, 5) is 22.8. The molecule has 0 aromatic rings. The fourth-order valence-corrected chi connectivity index (χ4v) is 1.65. The summed E-state index contributed by atoms with van der Waals surface area (Å²) in [6, 6.07) is -0.513. The van der Waals surface area contributed by atoms with E-state index in [0.717, 1.165) is 0 Å². The van der Waals surface area contributed by atoms with Crippen LogP contribution in [-0.4, -0.2) is 22.5 Å². The smallest absolute Gasteiger partial charge is 0.322 e. The van der Waals surface area contributed by atoms with E-state index in [1.165, 1.54) is 0 Å². The van der Waals surface area contributed by atoms with Crippen molar-refractivity contribution in [2.45, 2.75) is 32.7 Å². The molecule has 13 heavy (non-hydrogen) atoms. The van der Waals surface area contributed by atoms with Crippen molar-refractivity contribution < 1.29 is 9.59 Å². The Labute approximate surface area is 77.2 Å². The molecule has 1 atom stereocenters. The monoisotopic (exact) mass is 185 g/mol. The minimum atomic E-state index is -0.800. The summed E-state index contributed by atoms with van der Waals surface area (Å²) < 4.78 is 0. The van der Waals surface area contributed by atoms with E-state index in [1.54, 1.807) is 0 Å². The van der Waals surface area contributed by atoms with Gasteiger partial charge in [0.15, 0.2) is 0 Å². The second-order valence-electron chi connectivity index (χ2n) is 3.58. The summed E-state index contributed by atoms with van der Waals surface area (Å²) in [7, 11) is 0. The quantitative estimate of drug-likeness (QED) is 0.367. The predicted octanol–water partition coefficient (Wildman–Crippen LogP) is 0.217. The van der Waals surface area contributed by atoms with Gasteiger partial charge in [0, 0.05) is 0 Å². The molecular formula is C8H15N3O2. The molecule has 0 radical (unpaired) electrons. The van der Waals surface area contributed by atoms with Gasteiger partial charge >= 0.3 is 6.03 Å². The van der Waals surface area contributed by atoms with E-state index in [2.05, 4.69) is 5.32 Å². The molecule has 0 unspecified atom stereocenters. The van der Waals surface area contributed by atoms with Gasteiger partial charge in [0.05, 0.1) is 0 Å². The normalized spacial score (nSPS) is 28.5. The van der Waals surface area contributed by atoms with E-state index in [4.69, 9.17) is 5.84 Å². The van der Waals surface area contributed by atoms with Crippen molar-refractivity contribution >= 4 is 11.9 Å². The number of hydrogen-bond donors (Lipinski definition) is 2. The van der Waals surface area contributed by atoms with Gasteiger partial charge < -0.3 is 5.32 Å². The molecule has 0 aromatic carbocycles. The second-order valence-corrected chi connectivity index (χ2v) is 3.58. The average molecular weight is 185 g/mol.